The van der Waals surface area contributed by atoms with Gasteiger partial charge < -0.3 is 10.3 Å². The Labute approximate surface area is 115 Å². The van der Waals surface area contributed by atoms with Crippen LogP contribution in [-0.2, 0) is 9.59 Å². The van der Waals surface area contributed by atoms with Gasteiger partial charge >= 0.3 is 0 Å². The predicted octanol–water partition coefficient (Wildman–Crippen LogP) is -0.589. The van der Waals surface area contributed by atoms with E-state index in [9.17, 15) is 9.59 Å². The number of nitrogen functional groups attached to an aromatic ring is 1. The lowest BCUT2D eigenvalue weighted by molar-refractivity contribution is -0.130. The Hall–Kier alpha value is -2.22. The number of amides is 2. The summed E-state index contributed by atoms with van der Waals surface area (Å²) < 4.78 is 0. The first kappa shape index (κ1) is 12.8. The smallest absolute Gasteiger partial charge is 0.246 e. The number of piperazine rings is 1. The second-order valence-electron chi connectivity index (χ2n) is 5.13. The summed E-state index contributed by atoms with van der Waals surface area (Å²) in [5.74, 6) is 7.05. The largest absolute Gasteiger partial charge is 0.338 e. The Morgan fingerprint density at radius 1 is 1.25 bits per heavy atom. The highest BCUT2D eigenvalue weighted by molar-refractivity contribution is 6.02. The maximum atomic E-state index is 11.5. The lowest BCUT2D eigenvalue weighted by atomic mass is 10.2. The third kappa shape index (κ3) is 2.29. The molecule has 106 valence electrons. The van der Waals surface area contributed by atoms with Gasteiger partial charge in [-0.05, 0) is 19.8 Å². The van der Waals surface area contributed by atoms with Gasteiger partial charge in [0.25, 0.3) is 0 Å². The molecule has 0 atom stereocenters. The van der Waals surface area contributed by atoms with E-state index >= 15 is 0 Å². The minimum absolute atomic E-state index is 0.109. The van der Waals surface area contributed by atoms with Gasteiger partial charge in [-0.15, -0.1) is 0 Å². The Balaban J connectivity index is 2.00. The molecule has 1 aromatic rings. The van der Waals surface area contributed by atoms with Crippen molar-refractivity contribution in [2.45, 2.75) is 25.7 Å². The van der Waals surface area contributed by atoms with Gasteiger partial charge in [0.15, 0.2) is 0 Å². The second kappa shape index (κ2) is 4.71. The standard InChI is InChI=1S/C12H16N6O2/c1-6-10(17-13)15-11(7-2-3-7)16-12(6)18-4-8(19)14-9(20)5-18/h7H,2-5,13H2,1H3,(H,14,19,20)(H,15,16,17). The van der Waals surface area contributed by atoms with Gasteiger partial charge in [0.2, 0.25) is 11.8 Å². The van der Waals surface area contributed by atoms with Crippen molar-refractivity contribution in [1.82, 2.24) is 15.3 Å². The van der Waals surface area contributed by atoms with E-state index < -0.39 is 0 Å². The number of nitrogens with zero attached hydrogens (tertiary/aromatic N) is 3. The predicted molar refractivity (Wildman–Crippen MR) is 71.9 cm³/mol. The van der Waals surface area contributed by atoms with E-state index in [2.05, 4.69) is 20.7 Å². The number of rotatable bonds is 3. The van der Waals surface area contributed by atoms with E-state index in [1.807, 2.05) is 6.92 Å². The summed E-state index contributed by atoms with van der Waals surface area (Å²) in [5, 5.41) is 2.27. The molecule has 1 aliphatic carbocycles. The van der Waals surface area contributed by atoms with Crippen LogP contribution < -0.4 is 21.5 Å². The number of hydrogen-bond donors (Lipinski definition) is 3. The maximum absolute atomic E-state index is 11.5. The number of hydrogen-bond acceptors (Lipinski definition) is 7. The minimum Gasteiger partial charge on any atom is -0.338 e. The fourth-order valence-electron chi connectivity index (χ4n) is 2.28. The first-order valence-corrected chi connectivity index (χ1v) is 6.51. The third-order valence-electron chi connectivity index (χ3n) is 3.46. The molecular weight excluding hydrogens is 260 g/mol. The van der Waals surface area contributed by atoms with Crippen molar-refractivity contribution in [3.05, 3.63) is 11.4 Å². The first-order valence-electron chi connectivity index (χ1n) is 6.51. The van der Waals surface area contributed by atoms with Crippen molar-refractivity contribution in [2.75, 3.05) is 23.4 Å². The van der Waals surface area contributed by atoms with Crippen molar-refractivity contribution in [3.8, 4) is 0 Å². The monoisotopic (exact) mass is 276 g/mol. The van der Waals surface area contributed by atoms with Crippen LogP contribution in [-0.4, -0.2) is 34.9 Å². The van der Waals surface area contributed by atoms with Crippen LogP contribution in [0.25, 0.3) is 0 Å². The van der Waals surface area contributed by atoms with Gasteiger partial charge in [0.1, 0.15) is 17.5 Å². The van der Waals surface area contributed by atoms with Crippen LogP contribution in [0.2, 0.25) is 0 Å². The van der Waals surface area contributed by atoms with Crippen molar-refractivity contribution in [2.24, 2.45) is 5.84 Å². The van der Waals surface area contributed by atoms with Crippen LogP contribution in [0.5, 0.6) is 0 Å². The molecule has 3 rings (SSSR count). The molecule has 8 nitrogen and oxygen atoms in total. The van der Waals surface area contributed by atoms with Crippen molar-refractivity contribution in [1.29, 1.82) is 0 Å². The number of anilines is 2. The molecule has 4 N–H and O–H groups in total. The van der Waals surface area contributed by atoms with Gasteiger partial charge in [-0.25, -0.2) is 15.8 Å². The van der Waals surface area contributed by atoms with Crippen molar-refractivity contribution >= 4 is 23.5 Å². The molecule has 20 heavy (non-hydrogen) atoms. The summed E-state index contributed by atoms with van der Waals surface area (Å²) in [6, 6.07) is 0. The molecule has 1 saturated carbocycles. The van der Waals surface area contributed by atoms with Crippen LogP contribution in [0.4, 0.5) is 11.6 Å². The average Bonchev–Trinajstić information content (AvgIpc) is 3.22. The van der Waals surface area contributed by atoms with Crippen LogP contribution in [0.1, 0.15) is 30.1 Å². The fraction of sp³-hybridized carbons (Fsp3) is 0.500. The van der Waals surface area contributed by atoms with Crippen LogP contribution in [0, 0.1) is 6.92 Å². The quantitative estimate of drug-likeness (QED) is 0.384. The number of carbonyl (C=O) groups is 2. The maximum Gasteiger partial charge on any atom is 0.246 e. The summed E-state index contributed by atoms with van der Waals surface area (Å²) in [6.45, 7) is 2.04. The molecule has 0 spiro atoms. The molecule has 0 aromatic carbocycles. The zero-order valence-corrected chi connectivity index (χ0v) is 11.1. The average molecular weight is 276 g/mol. The number of nitrogens with one attached hydrogen (secondary N) is 2. The number of carbonyl (C=O) groups excluding carboxylic acids is 2. The molecule has 8 heteroatoms. The van der Waals surface area contributed by atoms with Crippen molar-refractivity contribution < 1.29 is 9.59 Å². The molecule has 1 saturated heterocycles. The number of imide groups is 1. The summed E-state index contributed by atoms with van der Waals surface area (Å²) >= 11 is 0. The SMILES string of the molecule is Cc1c(NN)nc(C2CC2)nc1N1CC(=O)NC(=O)C1. The molecule has 2 fully saturated rings. The van der Waals surface area contributed by atoms with Gasteiger partial charge in [0, 0.05) is 11.5 Å². The van der Waals surface area contributed by atoms with E-state index in [4.69, 9.17) is 5.84 Å². The van der Waals surface area contributed by atoms with Gasteiger partial charge in [-0.1, -0.05) is 0 Å². The lowest BCUT2D eigenvalue weighted by Crippen LogP contribution is -2.52. The Morgan fingerprint density at radius 2 is 1.90 bits per heavy atom. The highest BCUT2D eigenvalue weighted by Crippen LogP contribution is 2.40. The van der Waals surface area contributed by atoms with Crippen LogP contribution in [0.15, 0.2) is 0 Å². The molecule has 2 aliphatic rings. The van der Waals surface area contributed by atoms with Gasteiger partial charge in [-0.3, -0.25) is 14.9 Å². The summed E-state index contributed by atoms with van der Waals surface area (Å²) in [5.41, 5.74) is 3.29. The van der Waals surface area contributed by atoms with E-state index in [0.717, 1.165) is 24.2 Å². The number of hydrazine groups is 1. The fourth-order valence-corrected chi connectivity index (χ4v) is 2.28. The van der Waals surface area contributed by atoms with Crippen LogP contribution >= 0.6 is 0 Å². The van der Waals surface area contributed by atoms with E-state index in [0.29, 0.717) is 17.6 Å². The van der Waals surface area contributed by atoms with E-state index in [1.54, 1.807) is 4.90 Å². The molecule has 1 aliphatic heterocycles. The molecule has 0 bridgehead atoms. The molecule has 0 unspecified atom stereocenters. The molecule has 0 radical (unpaired) electrons. The van der Waals surface area contributed by atoms with E-state index in [1.165, 1.54) is 0 Å². The molecule has 2 heterocycles. The molecule has 2 amide bonds. The zero-order valence-electron chi connectivity index (χ0n) is 11.1. The second-order valence-corrected chi connectivity index (χ2v) is 5.13. The third-order valence-corrected chi connectivity index (χ3v) is 3.46. The first-order chi connectivity index (χ1) is 9.58. The highest BCUT2D eigenvalue weighted by Gasteiger charge is 2.31. The summed E-state index contributed by atoms with van der Waals surface area (Å²) in [4.78, 5) is 33.6. The van der Waals surface area contributed by atoms with Gasteiger partial charge in [0.05, 0.1) is 13.1 Å². The normalized spacial score (nSPS) is 19.0. The molecule has 1 aromatic heterocycles. The summed E-state index contributed by atoms with van der Waals surface area (Å²) in [6.07, 6.45) is 2.12. The zero-order chi connectivity index (χ0) is 14.3. The number of aromatic nitrogens is 2. The lowest BCUT2D eigenvalue weighted by Gasteiger charge is -2.28. The summed E-state index contributed by atoms with van der Waals surface area (Å²) in [7, 11) is 0. The Bertz CT molecular complexity index is 568. The van der Waals surface area contributed by atoms with Crippen molar-refractivity contribution in [3.63, 3.8) is 0 Å². The number of nitrogens with two attached hydrogens (primary N) is 1. The Morgan fingerprint density at radius 3 is 2.45 bits per heavy atom. The highest BCUT2D eigenvalue weighted by atomic mass is 16.2. The van der Waals surface area contributed by atoms with Crippen LogP contribution in [0.3, 0.4) is 0 Å². The van der Waals surface area contributed by atoms with Gasteiger partial charge in [-0.2, -0.15) is 0 Å². The minimum atomic E-state index is -0.325. The Kier molecular flexibility index (Phi) is 3.01. The molecular formula is C12H16N6O2. The van der Waals surface area contributed by atoms with E-state index in [-0.39, 0.29) is 24.9 Å². The topological polar surface area (TPSA) is 113 Å².